The maximum absolute atomic E-state index is 12.6. The number of aryl methyl sites for hydroxylation is 2. The molecule has 0 bridgehead atoms. The highest BCUT2D eigenvalue weighted by Gasteiger charge is 2.27. The third-order valence-electron chi connectivity index (χ3n) is 5.19. The van der Waals surface area contributed by atoms with Gasteiger partial charge >= 0.3 is 5.63 Å². The Labute approximate surface area is 139 Å². The van der Waals surface area contributed by atoms with Crippen LogP contribution in [0.5, 0.6) is 0 Å². The van der Waals surface area contributed by atoms with Crippen LogP contribution in [0.1, 0.15) is 24.0 Å². The Morgan fingerprint density at radius 3 is 2.83 bits per heavy atom. The standard InChI is InChI=1S/C20H18N2O2/c23-20-17(14-4-1-7-21-12-14)11-15-10-13-5-2-8-22-9-3-6-16(18(13)22)19(15)24-20/h1,4,7,10-12H,2-3,5-6,8-9H2. The average molecular weight is 318 g/mol. The number of anilines is 1. The number of aromatic nitrogens is 1. The van der Waals surface area contributed by atoms with E-state index in [1.807, 2.05) is 18.2 Å². The summed E-state index contributed by atoms with van der Waals surface area (Å²) in [4.78, 5) is 19.1. The van der Waals surface area contributed by atoms with Crippen molar-refractivity contribution in [2.75, 3.05) is 18.0 Å². The van der Waals surface area contributed by atoms with Crippen molar-refractivity contribution in [1.29, 1.82) is 0 Å². The molecule has 0 amide bonds. The minimum absolute atomic E-state index is 0.278. The largest absolute Gasteiger partial charge is 0.422 e. The summed E-state index contributed by atoms with van der Waals surface area (Å²) in [5, 5.41) is 1.03. The van der Waals surface area contributed by atoms with E-state index in [0.29, 0.717) is 5.56 Å². The van der Waals surface area contributed by atoms with Gasteiger partial charge in [-0.25, -0.2) is 4.79 Å². The maximum atomic E-state index is 12.6. The predicted octanol–water partition coefficient (Wildman–Crippen LogP) is 3.55. The lowest BCUT2D eigenvalue weighted by Crippen LogP contribution is -2.34. The molecule has 2 aromatic heterocycles. The molecule has 0 saturated heterocycles. The van der Waals surface area contributed by atoms with Crippen LogP contribution >= 0.6 is 0 Å². The zero-order valence-corrected chi connectivity index (χ0v) is 13.4. The van der Waals surface area contributed by atoms with Crippen molar-refractivity contribution in [3.8, 4) is 11.1 Å². The van der Waals surface area contributed by atoms with Crippen LogP contribution in [0.2, 0.25) is 0 Å². The molecule has 24 heavy (non-hydrogen) atoms. The fourth-order valence-electron chi connectivity index (χ4n) is 4.17. The highest BCUT2D eigenvalue weighted by atomic mass is 16.4. The van der Waals surface area contributed by atoms with E-state index in [1.165, 1.54) is 23.2 Å². The summed E-state index contributed by atoms with van der Waals surface area (Å²) in [5.74, 6) is 0. The molecule has 0 radical (unpaired) electrons. The second-order valence-corrected chi connectivity index (χ2v) is 6.66. The molecule has 0 fully saturated rings. The fourth-order valence-corrected chi connectivity index (χ4v) is 4.17. The number of rotatable bonds is 1. The number of pyridine rings is 1. The normalized spacial score (nSPS) is 16.2. The van der Waals surface area contributed by atoms with Gasteiger partial charge in [0, 0.05) is 47.7 Å². The van der Waals surface area contributed by atoms with Gasteiger partial charge in [0.25, 0.3) is 0 Å². The number of hydrogen-bond acceptors (Lipinski definition) is 4. The van der Waals surface area contributed by atoms with E-state index in [-0.39, 0.29) is 5.63 Å². The van der Waals surface area contributed by atoms with Crippen molar-refractivity contribution >= 4 is 16.7 Å². The molecule has 0 saturated carbocycles. The van der Waals surface area contributed by atoms with Crippen LogP contribution in [0.3, 0.4) is 0 Å². The summed E-state index contributed by atoms with van der Waals surface area (Å²) in [6, 6.07) is 7.93. The second kappa shape index (κ2) is 5.20. The topological polar surface area (TPSA) is 46.3 Å². The van der Waals surface area contributed by atoms with Crippen LogP contribution in [0.25, 0.3) is 22.1 Å². The zero-order valence-electron chi connectivity index (χ0n) is 13.4. The first-order valence-corrected chi connectivity index (χ1v) is 8.59. The van der Waals surface area contributed by atoms with Gasteiger partial charge in [-0.2, -0.15) is 0 Å². The average Bonchev–Trinajstić information content (AvgIpc) is 2.63. The van der Waals surface area contributed by atoms with Gasteiger partial charge in [-0.05, 0) is 49.4 Å². The molecule has 0 atom stereocenters. The molecule has 4 heterocycles. The molecule has 2 aliphatic rings. The molecule has 4 heteroatoms. The summed E-state index contributed by atoms with van der Waals surface area (Å²) in [5.41, 5.74) is 5.85. The molecule has 1 aromatic carbocycles. The smallest absolute Gasteiger partial charge is 0.344 e. The highest BCUT2D eigenvalue weighted by Crippen LogP contribution is 2.40. The summed E-state index contributed by atoms with van der Waals surface area (Å²) < 4.78 is 5.81. The van der Waals surface area contributed by atoms with E-state index in [1.54, 1.807) is 12.4 Å². The summed E-state index contributed by atoms with van der Waals surface area (Å²) in [6.45, 7) is 2.23. The van der Waals surface area contributed by atoms with Crippen molar-refractivity contribution in [2.45, 2.75) is 25.7 Å². The van der Waals surface area contributed by atoms with Crippen LogP contribution in [0.4, 0.5) is 5.69 Å². The van der Waals surface area contributed by atoms with Gasteiger partial charge < -0.3 is 9.32 Å². The van der Waals surface area contributed by atoms with Crippen LogP contribution in [-0.2, 0) is 12.8 Å². The Kier molecular flexibility index (Phi) is 2.98. The Hall–Kier alpha value is -2.62. The van der Waals surface area contributed by atoms with Crippen molar-refractivity contribution in [3.63, 3.8) is 0 Å². The van der Waals surface area contributed by atoms with Gasteiger partial charge in [-0.15, -0.1) is 0 Å². The number of benzene rings is 1. The van der Waals surface area contributed by atoms with Crippen molar-refractivity contribution in [3.05, 3.63) is 58.2 Å². The Balaban J connectivity index is 1.80. The van der Waals surface area contributed by atoms with Crippen molar-refractivity contribution in [1.82, 2.24) is 4.98 Å². The lowest BCUT2D eigenvalue weighted by molar-refractivity contribution is 0.551. The van der Waals surface area contributed by atoms with Crippen LogP contribution in [-0.4, -0.2) is 18.1 Å². The van der Waals surface area contributed by atoms with Gasteiger partial charge in [-0.3, -0.25) is 4.98 Å². The molecule has 120 valence electrons. The highest BCUT2D eigenvalue weighted by molar-refractivity contribution is 5.90. The van der Waals surface area contributed by atoms with E-state index in [0.717, 1.165) is 48.9 Å². The Bertz CT molecular complexity index is 990. The van der Waals surface area contributed by atoms with Gasteiger partial charge in [0.1, 0.15) is 5.58 Å². The molecule has 0 aliphatic carbocycles. The molecule has 0 spiro atoms. The van der Waals surface area contributed by atoms with E-state index < -0.39 is 0 Å². The maximum Gasteiger partial charge on any atom is 0.344 e. The molecule has 3 aromatic rings. The first-order chi connectivity index (χ1) is 11.8. The van der Waals surface area contributed by atoms with E-state index in [9.17, 15) is 4.79 Å². The molecule has 4 nitrogen and oxygen atoms in total. The lowest BCUT2D eigenvalue weighted by Gasteiger charge is -2.37. The number of nitrogens with zero attached hydrogens (tertiary/aromatic N) is 2. The van der Waals surface area contributed by atoms with Gasteiger partial charge in [0.2, 0.25) is 0 Å². The molecular weight excluding hydrogens is 300 g/mol. The Morgan fingerprint density at radius 1 is 1.12 bits per heavy atom. The van der Waals surface area contributed by atoms with Crippen molar-refractivity contribution in [2.24, 2.45) is 0 Å². The molecule has 5 rings (SSSR count). The molecule has 0 N–H and O–H groups in total. The molecular formula is C20H18N2O2. The summed E-state index contributed by atoms with van der Waals surface area (Å²) in [6.07, 6.45) is 7.84. The first-order valence-electron chi connectivity index (χ1n) is 8.59. The third-order valence-corrected chi connectivity index (χ3v) is 5.19. The monoisotopic (exact) mass is 318 g/mol. The van der Waals surface area contributed by atoms with E-state index in [2.05, 4.69) is 16.0 Å². The Morgan fingerprint density at radius 2 is 2.00 bits per heavy atom. The fraction of sp³-hybridized carbons (Fsp3) is 0.300. The minimum atomic E-state index is -0.278. The summed E-state index contributed by atoms with van der Waals surface area (Å²) >= 11 is 0. The molecule has 0 unspecified atom stereocenters. The van der Waals surface area contributed by atoms with Gasteiger partial charge in [0.15, 0.2) is 0 Å². The quantitative estimate of drug-likeness (QED) is 0.644. The van der Waals surface area contributed by atoms with Gasteiger partial charge in [-0.1, -0.05) is 6.07 Å². The van der Waals surface area contributed by atoms with E-state index >= 15 is 0 Å². The van der Waals surface area contributed by atoms with Crippen LogP contribution in [0, 0.1) is 0 Å². The molecule has 2 aliphatic heterocycles. The second-order valence-electron chi connectivity index (χ2n) is 6.66. The predicted molar refractivity (Wildman–Crippen MR) is 94.6 cm³/mol. The third kappa shape index (κ3) is 1.99. The first kappa shape index (κ1) is 13.8. The number of fused-ring (bicyclic) bond motifs is 2. The van der Waals surface area contributed by atoms with Gasteiger partial charge in [0.05, 0.1) is 5.56 Å². The number of hydrogen-bond donors (Lipinski definition) is 0. The summed E-state index contributed by atoms with van der Waals surface area (Å²) in [7, 11) is 0. The minimum Gasteiger partial charge on any atom is -0.422 e. The lowest BCUT2D eigenvalue weighted by atomic mass is 9.89. The van der Waals surface area contributed by atoms with E-state index in [4.69, 9.17) is 4.42 Å². The van der Waals surface area contributed by atoms with Crippen molar-refractivity contribution < 1.29 is 4.42 Å². The zero-order chi connectivity index (χ0) is 16.1. The van der Waals surface area contributed by atoms with Crippen LogP contribution < -0.4 is 10.5 Å². The van der Waals surface area contributed by atoms with Crippen LogP contribution in [0.15, 0.2) is 45.9 Å². The SMILES string of the molecule is O=c1oc2c3c4c(cc2cc1-c1cccnc1)CCCN4CCC3.